The van der Waals surface area contributed by atoms with Crippen molar-refractivity contribution in [3.63, 3.8) is 0 Å². The first-order valence-electron chi connectivity index (χ1n) is 7.16. The van der Waals surface area contributed by atoms with Crippen LogP contribution >= 0.6 is 28.1 Å². The zero-order valence-corrected chi connectivity index (χ0v) is 15.9. The SMILES string of the molecule is Cc1cc(C(=O)NNC(=S)NC(=O)COc2ccc(Br)c(C)c2)n[nH]1. The molecule has 4 N–H and O–H groups in total. The van der Waals surface area contributed by atoms with Crippen LogP contribution in [0.15, 0.2) is 28.7 Å². The van der Waals surface area contributed by atoms with Crippen molar-refractivity contribution in [2.75, 3.05) is 6.61 Å². The number of nitrogens with zero attached hydrogens (tertiary/aromatic N) is 1. The number of ether oxygens (including phenoxy) is 1. The Morgan fingerprint density at radius 2 is 2.04 bits per heavy atom. The highest BCUT2D eigenvalue weighted by Crippen LogP contribution is 2.21. The number of aromatic nitrogens is 2. The van der Waals surface area contributed by atoms with Gasteiger partial charge in [0.05, 0.1) is 0 Å². The molecule has 10 heteroatoms. The second-order valence-electron chi connectivity index (χ2n) is 5.09. The first kappa shape index (κ1) is 18.9. The van der Waals surface area contributed by atoms with Gasteiger partial charge in [-0.3, -0.25) is 30.9 Å². The molecule has 2 amide bonds. The lowest BCUT2D eigenvalue weighted by Crippen LogP contribution is -2.49. The van der Waals surface area contributed by atoms with Crippen molar-refractivity contribution in [3.05, 3.63) is 45.7 Å². The van der Waals surface area contributed by atoms with E-state index in [0.29, 0.717) is 5.75 Å². The number of halogens is 1. The highest BCUT2D eigenvalue weighted by Gasteiger charge is 2.10. The number of thiocarbonyl (C=S) groups is 1. The van der Waals surface area contributed by atoms with Crippen LogP contribution in [-0.2, 0) is 4.79 Å². The van der Waals surface area contributed by atoms with Gasteiger partial charge in [-0.25, -0.2) is 0 Å². The van der Waals surface area contributed by atoms with Crippen molar-refractivity contribution in [2.45, 2.75) is 13.8 Å². The Kier molecular flexibility index (Phi) is 6.48. The summed E-state index contributed by atoms with van der Waals surface area (Å²) < 4.78 is 6.34. The number of carbonyl (C=O) groups is 2. The van der Waals surface area contributed by atoms with E-state index in [-0.39, 0.29) is 17.4 Å². The Morgan fingerprint density at radius 3 is 2.68 bits per heavy atom. The Bertz CT molecular complexity index is 808. The van der Waals surface area contributed by atoms with Gasteiger partial charge in [-0.2, -0.15) is 5.10 Å². The number of carbonyl (C=O) groups excluding carboxylic acids is 2. The third-order valence-corrected chi connectivity index (χ3v) is 4.07. The van der Waals surface area contributed by atoms with E-state index in [1.165, 1.54) is 0 Å². The number of amides is 2. The fraction of sp³-hybridized carbons (Fsp3) is 0.200. The second kappa shape index (κ2) is 8.58. The largest absolute Gasteiger partial charge is 0.484 e. The molecule has 1 heterocycles. The zero-order chi connectivity index (χ0) is 18.4. The molecule has 0 unspecified atom stereocenters. The summed E-state index contributed by atoms with van der Waals surface area (Å²) in [7, 11) is 0. The lowest BCUT2D eigenvalue weighted by molar-refractivity contribution is -0.121. The van der Waals surface area contributed by atoms with Crippen LogP contribution in [0.4, 0.5) is 0 Å². The molecular weight excluding hydrogens is 410 g/mol. The summed E-state index contributed by atoms with van der Waals surface area (Å²) in [6, 6.07) is 6.96. The molecule has 2 aromatic rings. The molecule has 0 aliphatic rings. The minimum absolute atomic E-state index is 0.0544. The van der Waals surface area contributed by atoms with Crippen LogP contribution < -0.4 is 20.9 Å². The second-order valence-corrected chi connectivity index (χ2v) is 6.35. The first-order chi connectivity index (χ1) is 11.8. The van der Waals surface area contributed by atoms with Crippen molar-refractivity contribution in [1.82, 2.24) is 26.4 Å². The Balaban J connectivity index is 1.73. The number of rotatable bonds is 4. The highest BCUT2D eigenvalue weighted by atomic mass is 79.9. The van der Waals surface area contributed by atoms with E-state index in [0.717, 1.165) is 15.7 Å². The zero-order valence-electron chi connectivity index (χ0n) is 13.5. The molecule has 0 aliphatic heterocycles. The van der Waals surface area contributed by atoms with E-state index < -0.39 is 11.8 Å². The van der Waals surface area contributed by atoms with Gasteiger partial charge in [0.2, 0.25) is 0 Å². The van der Waals surface area contributed by atoms with Crippen molar-refractivity contribution in [2.24, 2.45) is 0 Å². The highest BCUT2D eigenvalue weighted by molar-refractivity contribution is 9.10. The number of nitrogens with one attached hydrogen (secondary N) is 4. The molecule has 0 fully saturated rings. The molecule has 0 radical (unpaired) electrons. The molecule has 0 saturated carbocycles. The lowest BCUT2D eigenvalue weighted by atomic mass is 10.2. The third-order valence-electron chi connectivity index (χ3n) is 2.98. The minimum Gasteiger partial charge on any atom is -0.484 e. The summed E-state index contributed by atoms with van der Waals surface area (Å²) in [5.74, 6) is -0.373. The molecule has 0 aliphatic carbocycles. The van der Waals surface area contributed by atoms with Crippen LogP contribution in [0.25, 0.3) is 0 Å². The normalized spacial score (nSPS) is 10.0. The predicted octanol–water partition coefficient (Wildman–Crippen LogP) is 1.50. The van der Waals surface area contributed by atoms with Crippen LogP contribution in [0.2, 0.25) is 0 Å². The smallest absolute Gasteiger partial charge is 0.290 e. The van der Waals surface area contributed by atoms with E-state index in [1.807, 2.05) is 13.0 Å². The van der Waals surface area contributed by atoms with E-state index >= 15 is 0 Å². The summed E-state index contributed by atoms with van der Waals surface area (Å²) in [5, 5.41) is 8.79. The minimum atomic E-state index is -0.484. The van der Waals surface area contributed by atoms with Crippen LogP contribution in [0, 0.1) is 13.8 Å². The Morgan fingerprint density at radius 1 is 1.28 bits per heavy atom. The average molecular weight is 426 g/mol. The molecule has 25 heavy (non-hydrogen) atoms. The van der Waals surface area contributed by atoms with Gasteiger partial charge in [-0.05, 0) is 55.9 Å². The molecular formula is C15H16BrN5O3S. The molecule has 2 rings (SSSR count). The molecule has 0 spiro atoms. The van der Waals surface area contributed by atoms with Crippen LogP contribution in [0.3, 0.4) is 0 Å². The van der Waals surface area contributed by atoms with Gasteiger partial charge < -0.3 is 4.74 Å². The molecule has 1 aromatic carbocycles. The standard InChI is InChI=1S/C15H16BrN5O3S/c1-8-5-10(3-4-11(8)16)24-7-13(22)17-15(25)21-20-14(23)12-6-9(2)18-19-12/h3-6H,7H2,1-2H3,(H,18,19)(H,20,23)(H2,17,21,22,25). The summed E-state index contributed by atoms with van der Waals surface area (Å²) in [4.78, 5) is 23.6. The number of benzene rings is 1. The number of hydrazine groups is 1. The Labute approximate surface area is 157 Å². The van der Waals surface area contributed by atoms with E-state index in [2.05, 4.69) is 42.3 Å². The topological polar surface area (TPSA) is 108 Å². The predicted molar refractivity (Wildman–Crippen MR) is 99.0 cm³/mol. The fourth-order valence-electron chi connectivity index (χ4n) is 1.76. The first-order valence-corrected chi connectivity index (χ1v) is 8.36. The summed E-state index contributed by atoms with van der Waals surface area (Å²) in [6.45, 7) is 3.48. The van der Waals surface area contributed by atoms with E-state index in [4.69, 9.17) is 17.0 Å². The maximum Gasteiger partial charge on any atom is 0.290 e. The van der Waals surface area contributed by atoms with E-state index in [1.54, 1.807) is 25.1 Å². The summed E-state index contributed by atoms with van der Waals surface area (Å²) >= 11 is 8.31. The van der Waals surface area contributed by atoms with E-state index in [9.17, 15) is 9.59 Å². The van der Waals surface area contributed by atoms with Crippen molar-refractivity contribution in [1.29, 1.82) is 0 Å². The van der Waals surface area contributed by atoms with Crippen molar-refractivity contribution >= 4 is 45.1 Å². The Hall–Kier alpha value is -2.46. The van der Waals surface area contributed by atoms with Gasteiger partial charge in [0.1, 0.15) is 5.75 Å². The molecule has 8 nitrogen and oxygen atoms in total. The maximum atomic E-state index is 11.8. The fourth-order valence-corrected chi connectivity index (χ4v) is 2.17. The van der Waals surface area contributed by atoms with Crippen molar-refractivity contribution < 1.29 is 14.3 Å². The molecule has 0 atom stereocenters. The molecule has 0 saturated heterocycles. The monoisotopic (exact) mass is 425 g/mol. The number of aryl methyl sites for hydroxylation is 2. The van der Waals surface area contributed by atoms with Gasteiger partial charge in [-0.1, -0.05) is 15.9 Å². The quantitative estimate of drug-likeness (QED) is 0.436. The molecule has 1 aromatic heterocycles. The van der Waals surface area contributed by atoms with Gasteiger partial charge in [0.15, 0.2) is 17.4 Å². The number of hydrogen-bond acceptors (Lipinski definition) is 5. The summed E-state index contributed by atoms with van der Waals surface area (Å²) in [5.41, 5.74) is 6.70. The number of hydrogen-bond donors (Lipinski definition) is 4. The number of aromatic amines is 1. The van der Waals surface area contributed by atoms with Crippen LogP contribution in [0.5, 0.6) is 5.75 Å². The third kappa shape index (κ3) is 5.84. The maximum absolute atomic E-state index is 11.8. The molecule has 0 bridgehead atoms. The lowest BCUT2D eigenvalue weighted by Gasteiger charge is -2.11. The van der Waals surface area contributed by atoms with Crippen molar-refractivity contribution in [3.8, 4) is 5.75 Å². The number of H-pyrrole nitrogens is 1. The van der Waals surface area contributed by atoms with Gasteiger partial charge in [-0.15, -0.1) is 0 Å². The van der Waals surface area contributed by atoms with Gasteiger partial charge in [0.25, 0.3) is 11.8 Å². The van der Waals surface area contributed by atoms with Crippen LogP contribution in [-0.4, -0.2) is 33.7 Å². The molecule has 132 valence electrons. The van der Waals surface area contributed by atoms with Crippen LogP contribution in [0.1, 0.15) is 21.7 Å². The van der Waals surface area contributed by atoms with Gasteiger partial charge in [0, 0.05) is 10.2 Å². The van der Waals surface area contributed by atoms with Gasteiger partial charge >= 0.3 is 0 Å². The summed E-state index contributed by atoms with van der Waals surface area (Å²) in [6.07, 6.45) is 0. The average Bonchev–Trinajstić information content (AvgIpc) is 3.00.